The number of hydrogen-bond donors (Lipinski definition) is 0. The van der Waals surface area contributed by atoms with E-state index in [1.807, 2.05) is 37.5 Å². The summed E-state index contributed by atoms with van der Waals surface area (Å²) in [4.78, 5) is 13.4. The van der Waals surface area contributed by atoms with Crippen LogP contribution < -0.4 is 4.74 Å². The summed E-state index contributed by atoms with van der Waals surface area (Å²) < 4.78 is 20.5. The van der Waals surface area contributed by atoms with Gasteiger partial charge >= 0.3 is 6.09 Å². The van der Waals surface area contributed by atoms with Gasteiger partial charge in [-0.05, 0) is 86.3 Å². The lowest BCUT2D eigenvalue weighted by molar-refractivity contribution is 0.0539. The van der Waals surface area contributed by atoms with E-state index < -0.39 is 13.9 Å². The predicted molar refractivity (Wildman–Crippen MR) is 147 cm³/mol. The van der Waals surface area contributed by atoms with Crippen molar-refractivity contribution in [3.8, 4) is 5.75 Å². The quantitative estimate of drug-likeness (QED) is 0.296. The van der Waals surface area contributed by atoms with Crippen LogP contribution in [0.3, 0.4) is 0 Å². The van der Waals surface area contributed by atoms with Crippen molar-refractivity contribution in [2.45, 2.75) is 117 Å². The molecule has 2 unspecified atom stereocenters. The Morgan fingerprint density at radius 3 is 2.17 bits per heavy atom. The van der Waals surface area contributed by atoms with Crippen LogP contribution in [0.5, 0.6) is 5.75 Å². The molecule has 5 nitrogen and oxygen atoms in total. The molecule has 0 N–H and O–H groups in total. The molecule has 0 bridgehead atoms. The smallest absolute Gasteiger partial charge is 0.419 e. The van der Waals surface area contributed by atoms with Gasteiger partial charge in [-0.3, -0.25) is 0 Å². The lowest BCUT2D eigenvalue weighted by atomic mass is 9.96. The zero-order chi connectivity index (χ0) is 26.3. The summed E-state index contributed by atoms with van der Waals surface area (Å²) in [6.45, 7) is 22.1. The maximum absolute atomic E-state index is 13.4. The first-order valence-corrected chi connectivity index (χ1v) is 15.5. The molecule has 1 heterocycles. The summed E-state index contributed by atoms with van der Waals surface area (Å²) >= 11 is 0. The molecule has 6 heteroatoms. The van der Waals surface area contributed by atoms with Crippen LogP contribution in [-0.4, -0.2) is 37.8 Å². The van der Waals surface area contributed by atoms with E-state index in [1.165, 1.54) is 5.56 Å². The number of nitrogens with zero attached hydrogens (tertiary/aromatic N) is 1. The van der Waals surface area contributed by atoms with E-state index in [4.69, 9.17) is 13.9 Å². The van der Waals surface area contributed by atoms with E-state index in [-0.39, 0.29) is 12.2 Å². The first-order chi connectivity index (χ1) is 16.2. The number of hydrogen-bond acceptors (Lipinski definition) is 4. The molecule has 0 aliphatic heterocycles. The van der Waals surface area contributed by atoms with Crippen molar-refractivity contribution in [2.24, 2.45) is 5.92 Å². The molecule has 1 aromatic carbocycles. The lowest BCUT2D eigenvalue weighted by Gasteiger charge is -2.45. The van der Waals surface area contributed by atoms with Gasteiger partial charge in [0, 0.05) is 17.2 Å². The van der Waals surface area contributed by atoms with Gasteiger partial charge in [0.1, 0.15) is 11.4 Å². The minimum absolute atomic E-state index is 0.175. The second-order valence-electron chi connectivity index (χ2n) is 12.3. The number of fused-ring (bicyclic) bond motifs is 3. The fourth-order valence-electron chi connectivity index (χ4n) is 6.38. The second-order valence-corrected chi connectivity index (χ2v) is 17.7. The molecule has 2 atom stereocenters. The molecule has 0 spiro atoms. The van der Waals surface area contributed by atoms with Crippen LogP contribution in [0.4, 0.5) is 4.79 Å². The molecule has 196 valence electrons. The average molecular weight is 502 g/mol. The van der Waals surface area contributed by atoms with Gasteiger partial charge in [0.2, 0.25) is 8.32 Å². The normalized spacial score (nSPS) is 19.4. The summed E-state index contributed by atoms with van der Waals surface area (Å²) in [6, 6.07) is 5.98. The Bertz CT molecular complexity index is 1030. The summed E-state index contributed by atoms with van der Waals surface area (Å²) in [5, 5.41) is 1.08. The number of aromatic nitrogens is 1. The van der Waals surface area contributed by atoms with Crippen LogP contribution in [0.1, 0.15) is 86.9 Å². The van der Waals surface area contributed by atoms with E-state index in [9.17, 15) is 4.79 Å². The standard InChI is InChI=1S/C29H47NO4Si/c1-18(2)35(19(3)4,20(5)6)34-27-15-14-26-23(16-21(27)7)24-17-22(32-11)12-13-25(24)30(26)28(31)33-29(8,9)10/h12-13,17-21,27H,14-16H2,1-11H3. The lowest BCUT2D eigenvalue weighted by Crippen LogP contribution is -2.51. The number of carbonyl (C=O) groups is 1. The first kappa shape index (κ1) is 27.8. The number of rotatable bonds is 6. The van der Waals surface area contributed by atoms with Gasteiger partial charge in [0.15, 0.2) is 0 Å². The van der Waals surface area contributed by atoms with Crippen LogP contribution >= 0.6 is 0 Å². The van der Waals surface area contributed by atoms with Crippen LogP contribution in [0, 0.1) is 5.92 Å². The van der Waals surface area contributed by atoms with Gasteiger partial charge in [-0.25, -0.2) is 9.36 Å². The fourth-order valence-corrected chi connectivity index (χ4v) is 12.1. The molecule has 1 aliphatic rings. The predicted octanol–water partition coefficient (Wildman–Crippen LogP) is 8.12. The number of ether oxygens (including phenoxy) is 2. The van der Waals surface area contributed by atoms with Gasteiger partial charge < -0.3 is 13.9 Å². The molecule has 0 saturated heterocycles. The number of carbonyl (C=O) groups excluding carboxylic acids is 1. The summed E-state index contributed by atoms with van der Waals surface area (Å²) in [6.07, 6.45) is 2.44. The highest BCUT2D eigenvalue weighted by atomic mass is 28.4. The Balaban J connectivity index is 2.08. The largest absolute Gasteiger partial charge is 0.497 e. The molecule has 0 fully saturated rings. The van der Waals surface area contributed by atoms with E-state index in [2.05, 4.69) is 54.5 Å². The number of benzene rings is 1. The third-order valence-electron chi connectivity index (χ3n) is 7.85. The molecule has 3 rings (SSSR count). The van der Waals surface area contributed by atoms with Gasteiger partial charge in [0.25, 0.3) is 0 Å². The van der Waals surface area contributed by atoms with Crippen LogP contribution in [0.15, 0.2) is 18.2 Å². The highest BCUT2D eigenvalue weighted by Gasteiger charge is 2.47. The zero-order valence-electron chi connectivity index (χ0n) is 23.8. The van der Waals surface area contributed by atoms with Gasteiger partial charge in [-0.15, -0.1) is 0 Å². The Morgan fingerprint density at radius 2 is 1.66 bits per heavy atom. The second kappa shape index (κ2) is 10.3. The molecule has 1 aromatic heterocycles. The summed E-state index contributed by atoms with van der Waals surface area (Å²) in [5.41, 5.74) is 4.25. The van der Waals surface area contributed by atoms with Crippen LogP contribution in [0.25, 0.3) is 10.9 Å². The maximum atomic E-state index is 13.4. The van der Waals surface area contributed by atoms with E-state index >= 15 is 0 Å². The van der Waals surface area contributed by atoms with Gasteiger partial charge in [0.05, 0.1) is 12.6 Å². The van der Waals surface area contributed by atoms with Crippen molar-refractivity contribution in [3.05, 3.63) is 29.5 Å². The SMILES string of the molecule is COc1ccc2c(c1)c1c(n2C(=O)OC(C)(C)C)CCC(O[Si](C(C)C)(C(C)C)C(C)C)C(C)C1. The highest BCUT2D eigenvalue weighted by molar-refractivity contribution is 6.77. The van der Waals surface area contributed by atoms with Crippen molar-refractivity contribution in [1.29, 1.82) is 0 Å². The van der Waals surface area contributed by atoms with E-state index in [0.717, 1.165) is 41.6 Å². The third kappa shape index (κ3) is 5.34. The topological polar surface area (TPSA) is 49.7 Å². The maximum Gasteiger partial charge on any atom is 0.419 e. The Morgan fingerprint density at radius 1 is 1.06 bits per heavy atom. The monoisotopic (exact) mass is 501 g/mol. The number of methoxy groups -OCH3 is 1. The Kier molecular flexibility index (Phi) is 8.17. The highest BCUT2D eigenvalue weighted by Crippen LogP contribution is 2.45. The van der Waals surface area contributed by atoms with Crippen LogP contribution in [0.2, 0.25) is 16.6 Å². The summed E-state index contributed by atoms with van der Waals surface area (Å²) in [5.74, 6) is 1.15. The molecular weight excluding hydrogens is 454 g/mol. The third-order valence-corrected chi connectivity index (χ3v) is 14.0. The zero-order valence-corrected chi connectivity index (χ0v) is 24.8. The fraction of sp³-hybridized carbons (Fsp3) is 0.690. The van der Waals surface area contributed by atoms with E-state index in [0.29, 0.717) is 22.5 Å². The molecule has 2 aromatic rings. The van der Waals surface area contributed by atoms with Crippen molar-refractivity contribution < 1.29 is 18.7 Å². The van der Waals surface area contributed by atoms with Crippen LogP contribution in [-0.2, 0) is 22.0 Å². The molecule has 0 radical (unpaired) electrons. The summed E-state index contributed by atoms with van der Waals surface area (Å²) in [7, 11) is -0.330. The van der Waals surface area contributed by atoms with E-state index in [1.54, 1.807) is 7.11 Å². The van der Waals surface area contributed by atoms with Crippen molar-refractivity contribution in [1.82, 2.24) is 4.57 Å². The van der Waals surface area contributed by atoms with Crippen molar-refractivity contribution in [2.75, 3.05) is 7.11 Å². The Labute approximate surface area is 213 Å². The Hall–Kier alpha value is -1.79. The minimum Gasteiger partial charge on any atom is -0.497 e. The van der Waals surface area contributed by atoms with Crippen molar-refractivity contribution >= 4 is 25.3 Å². The van der Waals surface area contributed by atoms with Crippen molar-refractivity contribution in [3.63, 3.8) is 0 Å². The molecule has 0 saturated carbocycles. The molecule has 1 aliphatic carbocycles. The molecule has 35 heavy (non-hydrogen) atoms. The minimum atomic E-state index is -2.02. The van der Waals surface area contributed by atoms with Gasteiger partial charge in [-0.1, -0.05) is 48.5 Å². The average Bonchev–Trinajstić information content (AvgIpc) is 2.94. The first-order valence-electron chi connectivity index (χ1n) is 13.3. The molecule has 0 amide bonds. The molecular formula is C29H47NO4Si. The van der Waals surface area contributed by atoms with Gasteiger partial charge in [-0.2, -0.15) is 0 Å².